The second kappa shape index (κ2) is 8.73. The minimum Gasteiger partial charge on any atom is -0.495 e. The lowest BCUT2D eigenvalue weighted by Crippen LogP contribution is -2.31. The average molecular weight is 341 g/mol. The van der Waals surface area contributed by atoms with Gasteiger partial charge in [0.15, 0.2) is 0 Å². The van der Waals surface area contributed by atoms with Crippen LogP contribution in [0.4, 0.5) is 16.2 Å². The molecule has 0 fully saturated rings. The van der Waals surface area contributed by atoms with Crippen molar-refractivity contribution in [3.8, 4) is 5.75 Å². The van der Waals surface area contributed by atoms with Crippen molar-refractivity contribution >= 4 is 23.3 Å². The van der Waals surface area contributed by atoms with Crippen molar-refractivity contribution in [2.24, 2.45) is 0 Å². The molecule has 2 aromatic rings. The fourth-order valence-electron chi connectivity index (χ4n) is 2.39. The highest BCUT2D eigenvalue weighted by Gasteiger charge is 2.10. The number of carbonyl (C=O) groups excluding carboxylic acids is 2. The minimum absolute atomic E-state index is 0.206. The maximum absolute atomic E-state index is 12.1. The number of ether oxygens (including phenoxy) is 1. The summed E-state index contributed by atoms with van der Waals surface area (Å²) in [6, 6.07) is 14.7. The van der Waals surface area contributed by atoms with Gasteiger partial charge in [0.05, 0.1) is 12.8 Å². The van der Waals surface area contributed by atoms with E-state index in [0.29, 0.717) is 23.7 Å². The van der Waals surface area contributed by atoms with Gasteiger partial charge in [0.25, 0.3) is 0 Å². The third kappa shape index (κ3) is 5.53. The molecular formula is C19H23N3O3. The molecule has 0 aromatic heterocycles. The van der Waals surface area contributed by atoms with E-state index in [1.807, 2.05) is 30.3 Å². The van der Waals surface area contributed by atoms with Gasteiger partial charge in [0, 0.05) is 19.2 Å². The van der Waals surface area contributed by atoms with Gasteiger partial charge in [-0.25, -0.2) is 4.79 Å². The summed E-state index contributed by atoms with van der Waals surface area (Å²) in [4.78, 5) is 23.4. The summed E-state index contributed by atoms with van der Waals surface area (Å²) in [6.45, 7) is 3.99. The maximum Gasteiger partial charge on any atom is 0.319 e. The van der Waals surface area contributed by atoms with E-state index in [4.69, 9.17) is 4.74 Å². The van der Waals surface area contributed by atoms with Crippen molar-refractivity contribution in [1.82, 2.24) is 5.32 Å². The van der Waals surface area contributed by atoms with Crippen molar-refractivity contribution < 1.29 is 14.3 Å². The second-order valence-electron chi connectivity index (χ2n) is 5.74. The van der Waals surface area contributed by atoms with Crippen LogP contribution < -0.4 is 20.7 Å². The molecule has 0 spiro atoms. The molecule has 0 aliphatic carbocycles. The Morgan fingerprint density at radius 1 is 1.08 bits per heavy atom. The van der Waals surface area contributed by atoms with Crippen LogP contribution in [0.5, 0.6) is 5.75 Å². The molecule has 25 heavy (non-hydrogen) atoms. The van der Waals surface area contributed by atoms with E-state index < -0.39 is 0 Å². The molecular weight excluding hydrogens is 318 g/mol. The molecule has 0 bridgehead atoms. The summed E-state index contributed by atoms with van der Waals surface area (Å²) in [6.07, 6.45) is 0. The Bertz CT molecular complexity index is 732. The number of hydrogen-bond donors (Lipinski definition) is 3. The molecule has 0 radical (unpaired) electrons. The quantitative estimate of drug-likeness (QED) is 0.751. The van der Waals surface area contributed by atoms with Crippen LogP contribution >= 0.6 is 0 Å². The van der Waals surface area contributed by atoms with E-state index in [2.05, 4.69) is 22.9 Å². The van der Waals surface area contributed by atoms with E-state index >= 15 is 0 Å². The second-order valence-corrected chi connectivity index (χ2v) is 5.74. The molecule has 3 N–H and O–H groups in total. The Balaban J connectivity index is 1.94. The molecule has 0 aliphatic heterocycles. The maximum atomic E-state index is 12.1. The minimum atomic E-state index is -0.304. The number of carbonyl (C=O) groups is 2. The van der Waals surface area contributed by atoms with Gasteiger partial charge in [-0.05, 0) is 29.7 Å². The fraction of sp³-hybridized carbons (Fsp3) is 0.263. The molecule has 0 saturated carbocycles. The van der Waals surface area contributed by atoms with Crippen LogP contribution in [0.2, 0.25) is 0 Å². The summed E-state index contributed by atoms with van der Waals surface area (Å²) >= 11 is 0. The van der Waals surface area contributed by atoms with Crippen molar-refractivity contribution in [3.05, 3.63) is 54.1 Å². The molecule has 0 heterocycles. The van der Waals surface area contributed by atoms with Crippen molar-refractivity contribution in [2.45, 2.75) is 19.8 Å². The fourth-order valence-corrected chi connectivity index (χ4v) is 2.39. The van der Waals surface area contributed by atoms with Crippen LogP contribution in [-0.2, 0) is 4.79 Å². The summed E-state index contributed by atoms with van der Waals surface area (Å²) in [7, 11) is 1.52. The van der Waals surface area contributed by atoms with Crippen LogP contribution in [-0.4, -0.2) is 25.6 Å². The lowest BCUT2D eigenvalue weighted by Gasteiger charge is -2.15. The van der Waals surface area contributed by atoms with Gasteiger partial charge in [0.2, 0.25) is 5.91 Å². The lowest BCUT2D eigenvalue weighted by molar-refractivity contribution is -0.114. The number of rotatable bonds is 6. The molecule has 0 unspecified atom stereocenters. The van der Waals surface area contributed by atoms with Crippen molar-refractivity contribution in [3.63, 3.8) is 0 Å². The number of nitrogens with one attached hydrogen (secondary N) is 3. The molecule has 1 atom stereocenters. The molecule has 2 rings (SSSR count). The van der Waals surface area contributed by atoms with Gasteiger partial charge in [-0.3, -0.25) is 4.79 Å². The molecule has 3 amide bonds. The van der Waals surface area contributed by atoms with E-state index in [9.17, 15) is 9.59 Å². The van der Waals surface area contributed by atoms with Gasteiger partial charge in [-0.15, -0.1) is 0 Å². The van der Waals surface area contributed by atoms with Gasteiger partial charge < -0.3 is 20.7 Å². The Hall–Kier alpha value is -3.02. The molecule has 6 nitrogen and oxygen atoms in total. The summed E-state index contributed by atoms with van der Waals surface area (Å²) in [5.74, 6) is 0.521. The summed E-state index contributed by atoms with van der Waals surface area (Å²) in [5.41, 5.74) is 2.24. The normalized spacial score (nSPS) is 11.3. The predicted octanol–water partition coefficient (Wildman–Crippen LogP) is 3.58. The first-order chi connectivity index (χ1) is 12.0. The third-order valence-electron chi connectivity index (χ3n) is 3.71. The summed E-state index contributed by atoms with van der Waals surface area (Å²) in [5, 5.41) is 8.28. The Morgan fingerprint density at radius 2 is 1.80 bits per heavy atom. The first-order valence-electron chi connectivity index (χ1n) is 8.05. The smallest absolute Gasteiger partial charge is 0.319 e. The monoisotopic (exact) mass is 341 g/mol. The molecule has 6 heteroatoms. The van der Waals surface area contributed by atoms with Crippen LogP contribution in [0.15, 0.2) is 48.5 Å². The number of methoxy groups -OCH3 is 1. The van der Waals surface area contributed by atoms with Crippen molar-refractivity contribution in [1.29, 1.82) is 0 Å². The van der Waals surface area contributed by atoms with E-state index in [-0.39, 0.29) is 17.9 Å². The zero-order chi connectivity index (χ0) is 18.2. The average Bonchev–Trinajstić information content (AvgIpc) is 2.60. The van der Waals surface area contributed by atoms with Gasteiger partial charge >= 0.3 is 6.03 Å². The van der Waals surface area contributed by atoms with Gasteiger partial charge in [-0.2, -0.15) is 0 Å². The van der Waals surface area contributed by atoms with Crippen LogP contribution in [0.25, 0.3) is 0 Å². The van der Waals surface area contributed by atoms with E-state index in [0.717, 1.165) is 0 Å². The van der Waals surface area contributed by atoms with E-state index in [1.54, 1.807) is 18.2 Å². The van der Waals surface area contributed by atoms with Crippen LogP contribution in [0.3, 0.4) is 0 Å². The molecule has 0 saturated heterocycles. The number of benzene rings is 2. The summed E-state index contributed by atoms with van der Waals surface area (Å²) < 4.78 is 5.19. The first-order valence-corrected chi connectivity index (χ1v) is 8.05. The third-order valence-corrected chi connectivity index (χ3v) is 3.71. The SMILES string of the molecule is COc1ccc(NC(=O)NC[C@H](C)c2ccccc2)cc1NC(C)=O. The number of hydrogen-bond acceptors (Lipinski definition) is 3. The zero-order valence-corrected chi connectivity index (χ0v) is 14.6. The Labute approximate surface area is 147 Å². The highest BCUT2D eigenvalue weighted by Crippen LogP contribution is 2.27. The largest absolute Gasteiger partial charge is 0.495 e. The van der Waals surface area contributed by atoms with Crippen LogP contribution in [0.1, 0.15) is 25.3 Å². The standard InChI is InChI=1S/C19H23N3O3/c1-13(15-7-5-4-6-8-15)12-20-19(24)22-16-9-10-18(25-3)17(11-16)21-14(2)23/h4-11,13H,12H2,1-3H3,(H,21,23)(H2,20,22,24)/t13-/m0/s1. The highest BCUT2D eigenvalue weighted by atomic mass is 16.5. The number of anilines is 2. The van der Waals surface area contributed by atoms with Gasteiger partial charge in [0.1, 0.15) is 5.75 Å². The lowest BCUT2D eigenvalue weighted by atomic mass is 10.0. The first kappa shape index (κ1) is 18.3. The molecule has 2 aromatic carbocycles. The van der Waals surface area contributed by atoms with Crippen LogP contribution in [0, 0.1) is 0 Å². The topological polar surface area (TPSA) is 79.5 Å². The molecule has 0 aliphatic rings. The van der Waals surface area contributed by atoms with Gasteiger partial charge in [-0.1, -0.05) is 37.3 Å². The van der Waals surface area contributed by atoms with Crippen molar-refractivity contribution in [2.75, 3.05) is 24.3 Å². The highest BCUT2D eigenvalue weighted by molar-refractivity contribution is 5.94. The predicted molar refractivity (Wildman–Crippen MR) is 99.2 cm³/mol. The number of urea groups is 1. The molecule has 132 valence electrons. The zero-order valence-electron chi connectivity index (χ0n) is 14.6. The Kier molecular flexibility index (Phi) is 6.39. The number of amides is 3. The Morgan fingerprint density at radius 3 is 2.44 bits per heavy atom. The van der Waals surface area contributed by atoms with E-state index in [1.165, 1.54) is 19.6 Å².